The second kappa shape index (κ2) is 4.82. The van der Waals surface area contributed by atoms with E-state index in [1.165, 1.54) is 0 Å². The van der Waals surface area contributed by atoms with Crippen molar-refractivity contribution in [2.24, 2.45) is 13.0 Å². The molecule has 1 spiro atoms. The summed E-state index contributed by atoms with van der Waals surface area (Å²) >= 11 is 0. The van der Waals surface area contributed by atoms with Gasteiger partial charge in [0.05, 0.1) is 0 Å². The van der Waals surface area contributed by atoms with Gasteiger partial charge < -0.3 is 9.30 Å². The number of amides is 1. The Labute approximate surface area is 141 Å². The van der Waals surface area contributed by atoms with Crippen molar-refractivity contribution < 1.29 is 9.53 Å². The minimum atomic E-state index is -0.273. The van der Waals surface area contributed by atoms with Gasteiger partial charge in [-0.25, -0.2) is 0 Å². The van der Waals surface area contributed by atoms with E-state index in [0.29, 0.717) is 5.95 Å². The molecule has 24 heavy (non-hydrogen) atoms. The van der Waals surface area contributed by atoms with Crippen LogP contribution in [0.25, 0.3) is 0 Å². The average Bonchev–Trinajstić information content (AvgIpc) is 3.14. The first-order valence-corrected chi connectivity index (χ1v) is 8.28. The summed E-state index contributed by atoms with van der Waals surface area (Å²) < 4.78 is 7.89. The zero-order valence-electron chi connectivity index (χ0n) is 14.5. The maximum Gasteiger partial charge on any atom is 0.230 e. The molecule has 1 aromatic heterocycles. The first kappa shape index (κ1) is 15.2. The average molecular weight is 326 g/mol. The molecule has 2 aliphatic rings. The minimum absolute atomic E-state index is 0.0120. The number of aryl methyl sites for hydroxylation is 1. The van der Waals surface area contributed by atoms with Gasteiger partial charge in [0.15, 0.2) is 0 Å². The minimum Gasteiger partial charge on any atom is -0.488 e. The largest absolute Gasteiger partial charge is 0.488 e. The summed E-state index contributed by atoms with van der Waals surface area (Å²) in [7, 11) is 1.85. The van der Waals surface area contributed by atoms with Gasteiger partial charge in [0, 0.05) is 23.9 Å². The Morgan fingerprint density at radius 2 is 2.08 bits per heavy atom. The lowest BCUT2D eigenvalue weighted by Gasteiger charge is -2.38. The van der Waals surface area contributed by atoms with Gasteiger partial charge in [0.25, 0.3) is 0 Å². The van der Waals surface area contributed by atoms with E-state index in [1.54, 1.807) is 4.57 Å². The van der Waals surface area contributed by atoms with Gasteiger partial charge >= 0.3 is 0 Å². The van der Waals surface area contributed by atoms with E-state index in [0.717, 1.165) is 30.0 Å². The summed E-state index contributed by atoms with van der Waals surface area (Å²) in [5, 5.41) is 11.0. The first-order chi connectivity index (χ1) is 11.3. The number of benzene rings is 1. The number of anilines is 1. The Kier molecular flexibility index (Phi) is 3.04. The van der Waals surface area contributed by atoms with Gasteiger partial charge in [-0.2, -0.15) is 0 Å². The van der Waals surface area contributed by atoms with Crippen LogP contribution in [0.5, 0.6) is 5.75 Å². The highest BCUT2D eigenvalue weighted by atomic mass is 16.5. The third kappa shape index (κ3) is 2.20. The number of hydrogen-bond donors (Lipinski definition) is 1. The Morgan fingerprint density at radius 1 is 1.33 bits per heavy atom. The van der Waals surface area contributed by atoms with E-state index >= 15 is 0 Å². The molecule has 1 aliphatic carbocycles. The normalized spacial score (nSPS) is 26.6. The van der Waals surface area contributed by atoms with Crippen LogP contribution in [0.1, 0.15) is 38.1 Å². The van der Waals surface area contributed by atoms with Crippen LogP contribution in [0.4, 0.5) is 5.95 Å². The van der Waals surface area contributed by atoms with Gasteiger partial charge in [-0.15, -0.1) is 10.2 Å². The van der Waals surface area contributed by atoms with Crippen LogP contribution >= 0.6 is 0 Å². The van der Waals surface area contributed by atoms with E-state index in [-0.39, 0.29) is 22.8 Å². The molecule has 0 saturated heterocycles. The lowest BCUT2D eigenvalue weighted by atomic mass is 9.80. The van der Waals surface area contributed by atoms with Crippen molar-refractivity contribution in [1.82, 2.24) is 14.8 Å². The molecule has 2 aromatic rings. The molecule has 6 heteroatoms. The molecule has 1 N–H and O–H groups in total. The molecular weight excluding hydrogens is 304 g/mol. The summed E-state index contributed by atoms with van der Waals surface area (Å²) in [5.41, 5.74) is 0.750. The fourth-order valence-electron chi connectivity index (χ4n) is 4.01. The molecule has 1 aliphatic heterocycles. The third-order valence-corrected chi connectivity index (χ3v) is 5.27. The van der Waals surface area contributed by atoms with Gasteiger partial charge in [-0.1, -0.05) is 18.2 Å². The Morgan fingerprint density at radius 3 is 2.79 bits per heavy atom. The van der Waals surface area contributed by atoms with Crippen LogP contribution in [0.15, 0.2) is 24.3 Å². The number of carbonyl (C=O) groups excluding carboxylic acids is 1. The number of rotatable bonds is 2. The van der Waals surface area contributed by atoms with E-state index in [9.17, 15) is 4.79 Å². The van der Waals surface area contributed by atoms with Crippen LogP contribution in [-0.4, -0.2) is 26.3 Å². The molecule has 2 heterocycles. The van der Waals surface area contributed by atoms with E-state index in [4.69, 9.17) is 4.74 Å². The molecule has 0 bridgehead atoms. The molecule has 6 nitrogen and oxygen atoms in total. The lowest BCUT2D eigenvalue weighted by molar-refractivity contribution is -0.118. The number of fused-ring (bicyclic) bond motifs is 2. The first-order valence-electron chi connectivity index (χ1n) is 8.28. The van der Waals surface area contributed by atoms with Crippen molar-refractivity contribution in [1.29, 1.82) is 0 Å². The molecule has 2 atom stereocenters. The van der Waals surface area contributed by atoms with Crippen LogP contribution < -0.4 is 10.1 Å². The maximum atomic E-state index is 12.8. The Balaban J connectivity index is 1.62. The molecule has 1 aromatic carbocycles. The van der Waals surface area contributed by atoms with Crippen molar-refractivity contribution in [2.45, 2.75) is 44.6 Å². The molecule has 1 amide bonds. The molecule has 0 radical (unpaired) electrons. The number of ether oxygens (including phenoxy) is 1. The van der Waals surface area contributed by atoms with E-state index < -0.39 is 0 Å². The zero-order valence-corrected chi connectivity index (χ0v) is 14.5. The fraction of sp³-hybridized carbons (Fsp3) is 0.500. The van der Waals surface area contributed by atoms with Crippen LogP contribution in [0, 0.1) is 12.8 Å². The SMILES string of the molecule is Cc1nnc(NC(=O)[C@H]2C[C@@]23CC(C)(C)Oc2ccccc23)n1C. The number of hydrogen-bond acceptors (Lipinski definition) is 4. The molecule has 1 fully saturated rings. The molecule has 126 valence electrons. The quantitative estimate of drug-likeness (QED) is 0.921. The predicted octanol–water partition coefficient (Wildman–Crippen LogP) is 2.58. The third-order valence-electron chi connectivity index (χ3n) is 5.27. The lowest BCUT2D eigenvalue weighted by Crippen LogP contribution is -2.40. The summed E-state index contributed by atoms with van der Waals surface area (Å²) in [6.45, 7) is 6.03. The van der Waals surface area contributed by atoms with Gasteiger partial charge in [-0.3, -0.25) is 10.1 Å². The van der Waals surface area contributed by atoms with Crippen molar-refractivity contribution in [2.75, 3.05) is 5.32 Å². The number of nitrogens with zero attached hydrogens (tertiary/aromatic N) is 3. The van der Waals surface area contributed by atoms with E-state index in [1.807, 2.05) is 32.2 Å². The highest BCUT2D eigenvalue weighted by molar-refractivity contribution is 5.95. The van der Waals surface area contributed by atoms with Gasteiger partial charge in [0.2, 0.25) is 11.9 Å². The van der Waals surface area contributed by atoms with Gasteiger partial charge in [-0.05, 0) is 39.7 Å². The Bertz CT molecular complexity index is 826. The standard InChI is InChI=1S/C18H22N4O2/c1-11-20-21-16(22(11)4)19-15(23)13-9-18(13)10-17(2,3)24-14-8-6-5-7-12(14)18/h5-8,13H,9-10H2,1-4H3,(H,19,21,23)/t13-,18+/m1/s1. The summed E-state index contributed by atoms with van der Waals surface area (Å²) in [4.78, 5) is 12.8. The van der Waals surface area contributed by atoms with Gasteiger partial charge in [0.1, 0.15) is 17.2 Å². The molecule has 4 rings (SSSR count). The fourth-order valence-corrected chi connectivity index (χ4v) is 4.01. The number of carbonyl (C=O) groups is 1. The summed E-state index contributed by atoms with van der Waals surface area (Å²) in [6, 6.07) is 8.08. The Hall–Kier alpha value is -2.37. The highest BCUT2D eigenvalue weighted by Gasteiger charge is 2.64. The van der Waals surface area contributed by atoms with Crippen molar-refractivity contribution in [3.8, 4) is 5.75 Å². The maximum absolute atomic E-state index is 12.8. The number of nitrogens with one attached hydrogen (secondary N) is 1. The molecule has 1 saturated carbocycles. The second-order valence-electron chi connectivity index (χ2n) is 7.57. The topological polar surface area (TPSA) is 69.0 Å². The predicted molar refractivity (Wildman–Crippen MR) is 89.9 cm³/mol. The number of para-hydroxylation sites is 1. The van der Waals surface area contributed by atoms with Crippen molar-refractivity contribution in [3.63, 3.8) is 0 Å². The zero-order chi connectivity index (χ0) is 17.1. The summed E-state index contributed by atoms with van der Waals surface area (Å²) in [5.74, 6) is 2.13. The number of aromatic nitrogens is 3. The van der Waals surface area contributed by atoms with E-state index in [2.05, 4.69) is 35.4 Å². The monoisotopic (exact) mass is 326 g/mol. The molecule has 0 unspecified atom stereocenters. The van der Waals surface area contributed by atoms with Crippen LogP contribution in [0.3, 0.4) is 0 Å². The van der Waals surface area contributed by atoms with Crippen LogP contribution in [-0.2, 0) is 17.3 Å². The summed E-state index contributed by atoms with van der Waals surface area (Å²) in [6.07, 6.45) is 1.69. The molecular formula is C18H22N4O2. The van der Waals surface area contributed by atoms with Crippen LogP contribution in [0.2, 0.25) is 0 Å². The second-order valence-corrected chi connectivity index (χ2v) is 7.57. The van der Waals surface area contributed by atoms with Crippen molar-refractivity contribution in [3.05, 3.63) is 35.7 Å². The van der Waals surface area contributed by atoms with Crippen molar-refractivity contribution >= 4 is 11.9 Å². The smallest absolute Gasteiger partial charge is 0.230 e. The highest BCUT2D eigenvalue weighted by Crippen LogP contribution is 2.63.